The molecule has 15 heavy (non-hydrogen) atoms. The van der Waals surface area contributed by atoms with Gasteiger partial charge in [0.05, 0.1) is 21.6 Å². The highest BCUT2D eigenvalue weighted by Crippen LogP contribution is 2.28. The number of hydrogen-bond acceptors (Lipinski definition) is 2. The van der Waals surface area contributed by atoms with Crippen LogP contribution in [0.4, 0.5) is 0 Å². The molecule has 0 saturated heterocycles. The smallest absolute Gasteiger partial charge is 0.226 e. The fourth-order valence-electron chi connectivity index (χ4n) is 1.13. The first-order chi connectivity index (χ1) is 7.20. The van der Waals surface area contributed by atoms with E-state index in [1.54, 1.807) is 18.3 Å². The number of alkyl halides is 1. The van der Waals surface area contributed by atoms with Gasteiger partial charge in [0.1, 0.15) is 5.76 Å². The lowest BCUT2D eigenvalue weighted by Gasteiger charge is -1.98. The summed E-state index contributed by atoms with van der Waals surface area (Å²) in [6, 6.07) is 5.27. The van der Waals surface area contributed by atoms with Gasteiger partial charge in [-0.15, -0.1) is 0 Å². The van der Waals surface area contributed by atoms with E-state index in [1.165, 1.54) is 0 Å². The molecule has 0 aliphatic rings. The van der Waals surface area contributed by atoms with Crippen molar-refractivity contribution in [3.05, 3.63) is 40.2 Å². The van der Waals surface area contributed by atoms with Crippen LogP contribution < -0.4 is 0 Å². The predicted octanol–water partition coefficient (Wildman–Crippen LogP) is 4.54. The molecular formula is C10H6BrCl2NO. The molecule has 0 aliphatic carbocycles. The van der Waals surface area contributed by atoms with Crippen molar-refractivity contribution in [1.29, 1.82) is 0 Å². The molecule has 0 radical (unpaired) electrons. The summed E-state index contributed by atoms with van der Waals surface area (Å²) in [7, 11) is 0. The van der Waals surface area contributed by atoms with Crippen molar-refractivity contribution < 1.29 is 4.42 Å². The summed E-state index contributed by atoms with van der Waals surface area (Å²) in [5.41, 5.74) is 0.816. The molecule has 0 unspecified atom stereocenters. The second kappa shape index (κ2) is 4.56. The van der Waals surface area contributed by atoms with Gasteiger partial charge < -0.3 is 4.42 Å². The van der Waals surface area contributed by atoms with Crippen LogP contribution in [0, 0.1) is 0 Å². The normalized spacial score (nSPS) is 10.6. The van der Waals surface area contributed by atoms with Gasteiger partial charge in [0.15, 0.2) is 0 Å². The molecule has 78 valence electrons. The molecule has 0 saturated carbocycles. The summed E-state index contributed by atoms with van der Waals surface area (Å²) >= 11 is 15.0. The summed E-state index contributed by atoms with van der Waals surface area (Å²) in [6.45, 7) is 0. The molecule has 0 spiro atoms. The minimum atomic E-state index is 0.493. The third kappa shape index (κ3) is 2.36. The van der Waals surface area contributed by atoms with E-state index in [9.17, 15) is 0 Å². The van der Waals surface area contributed by atoms with Gasteiger partial charge in [-0.05, 0) is 18.2 Å². The standard InChI is InChI=1S/C10H6BrCl2NO/c11-4-7-5-14-10(15-7)6-1-2-8(12)9(13)3-6/h1-3,5H,4H2. The van der Waals surface area contributed by atoms with E-state index in [4.69, 9.17) is 27.6 Å². The number of nitrogens with zero attached hydrogens (tertiary/aromatic N) is 1. The van der Waals surface area contributed by atoms with Crippen molar-refractivity contribution in [2.75, 3.05) is 0 Å². The Hall–Kier alpha value is -0.510. The maximum absolute atomic E-state index is 5.89. The quantitative estimate of drug-likeness (QED) is 0.761. The summed E-state index contributed by atoms with van der Waals surface area (Å²) in [5.74, 6) is 1.32. The van der Waals surface area contributed by atoms with Crippen LogP contribution in [0.2, 0.25) is 10.0 Å². The van der Waals surface area contributed by atoms with Crippen LogP contribution in [-0.2, 0) is 5.33 Å². The first-order valence-corrected chi connectivity index (χ1v) is 6.04. The number of hydrogen-bond donors (Lipinski definition) is 0. The molecular weight excluding hydrogens is 301 g/mol. The molecule has 0 fully saturated rings. The maximum atomic E-state index is 5.89. The Bertz CT molecular complexity index is 484. The largest absolute Gasteiger partial charge is 0.440 e. The van der Waals surface area contributed by atoms with Gasteiger partial charge in [0.2, 0.25) is 5.89 Å². The van der Waals surface area contributed by atoms with Crippen LogP contribution in [0.3, 0.4) is 0 Å². The lowest BCUT2D eigenvalue weighted by Crippen LogP contribution is -1.77. The van der Waals surface area contributed by atoms with E-state index in [0.29, 0.717) is 21.3 Å². The summed E-state index contributed by atoms with van der Waals surface area (Å²) < 4.78 is 5.45. The molecule has 1 heterocycles. The van der Waals surface area contributed by atoms with E-state index >= 15 is 0 Å². The summed E-state index contributed by atoms with van der Waals surface area (Å²) in [4.78, 5) is 4.13. The van der Waals surface area contributed by atoms with Crippen LogP contribution in [-0.4, -0.2) is 4.98 Å². The number of aromatic nitrogens is 1. The van der Waals surface area contributed by atoms with E-state index in [0.717, 1.165) is 11.3 Å². The van der Waals surface area contributed by atoms with Crippen molar-refractivity contribution in [3.63, 3.8) is 0 Å². The second-order valence-electron chi connectivity index (χ2n) is 2.89. The Kier molecular flexibility index (Phi) is 3.34. The van der Waals surface area contributed by atoms with Gasteiger partial charge in [0, 0.05) is 5.56 Å². The van der Waals surface area contributed by atoms with Crippen LogP contribution in [0.1, 0.15) is 5.76 Å². The third-order valence-corrected chi connectivity index (χ3v) is 3.14. The first-order valence-electron chi connectivity index (χ1n) is 4.17. The molecule has 0 amide bonds. The SMILES string of the molecule is Clc1ccc(-c2ncc(CBr)o2)cc1Cl. The van der Waals surface area contributed by atoms with E-state index < -0.39 is 0 Å². The van der Waals surface area contributed by atoms with Crippen molar-refractivity contribution in [1.82, 2.24) is 4.98 Å². The fraction of sp³-hybridized carbons (Fsp3) is 0.100. The molecule has 2 nitrogen and oxygen atoms in total. The van der Waals surface area contributed by atoms with Crippen LogP contribution in [0.25, 0.3) is 11.5 Å². The van der Waals surface area contributed by atoms with E-state index in [2.05, 4.69) is 20.9 Å². The Morgan fingerprint density at radius 3 is 2.67 bits per heavy atom. The topological polar surface area (TPSA) is 26.0 Å². The summed E-state index contributed by atoms with van der Waals surface area (Å²) in [5, 5.41) is 1.65. The van der Waals surface area contributed by atoms with Crippen molar-refractivity contribution in [2.45, 2.75) is 5.33 Å². The third-order valence-electron chi connectivity index (χ3n) is 1.85. The van der Waals surface area contributed by atoms with Gasteiger partial charge in [-0.1, -0.05) is 39.1 Å². The Labute approximate surface area is 105 Å². The van der Waals surface area contributed by atoms with Crippen LogP contribution in [0.5, 0.6) is 0 Å². The number of oxazole rings is 1. The number of benzene rings is 1. The number of rotatable bonds is 2. The minimum Gasteiger partial charge on any atom is -0.440 e. The monoisotopic (exact) mass is 305 g/mol. The van der Waals surface area contributed by atoms with Gasteiger partial charge in [0.25, 0.3) is 0 Å². The maximum Gasteiger partial charge on any atom is 0.226 e. The average molecular weight is 307 g/mol. The molecule has 1 aromatic heterocycles. The second-order valence-corrected chi connectivity index (χ2v) is 4.27. The zero-order chi connectivity index (χ0) is 10.8. The highest BCUT2D eigenvalue weighted by Gasteiger charge is 2.07. The molecule has 0 aliphatic heterocycles. The predicted molar refractivity (Wildman–Crippen MR) is 64.6 cm³/mol. The fourth-order valence-corrected chi connectivity index (χ4v) is 1.69. The minimum absolute atomic E-state index is 0.493. The molecule has 2 aromatic rings. The van der Waals surface area contributed by atoms with Crippen LogP contribution >= 0.6 is 39.1 Å². The van der Waals surface area contributed by atoms with Gasteiger partial charge in [-0.2, -0.15) is 0 Å². The van der Waals surface area contributed by atoms with Crippen molar-refractivity contribution in [3.8, 4) is 11.5 Å². The average Bonchev–Trinajstić information content (AvgIpc) is 2.70. The molecule has 0 atom stereocenters. The van der Waals surface area contributed by atoms with Crippen molar-refractivity contribution in [2.24, 2.45) is 0 Å². The molecule has 5 heteroatoms. The molecule has 0 N–H and O–H groups in total. The molecule has 2 rings (SSSR count). The Balaban J connectivity index is 2.40. The van der Waals surface area contributed by atoms with E-state index in [-0.39, 0.29) is 0 Å². The highest BCUT2D eigenvalue weighted by molar-refractivity contribution is 9.08. The zero-order valence-corrected chi connectivity index (χ0v) is 10.6. The van der Waals surface area contributed by atoms with Gasteiger partial charge in [-0.25, -0.2) is 4.98 Å². The van der Waals surface area contributed by atoms with Crippen molar-refractivity contribution >= 4 is 39.1 Å². The lowest BCUT2D eigenvalue weighted by molar-refractivity contribution is 0.540. The van der Waals surface area contributed by atoms with Gasteiger partial charge in [-0.3, -0.25) is 0 Å². The first kappa shape index (κ1) is 11.0. The van der Waals surface area contributed by atoms with Gasteiger partial charge >= 0.3 is 0 Å². The summed E-state index contributed by atoms with van der Waals surface area (Å²) in [6.07, 6.45) is 1.67. The Morgan fingerprint density at radius 2 is 2.07 bits per heavy atom. The molecule has 1 aromatic carbocycles. The number of halogens is 3. The highest BCUT2D eigenvalue weighted by atomic mass is 79.9. The Morgan fingerprint density at radius 1 is 1.27 bits per heavy atom. The molecule has 0 bridgehead atoms. The zero-order valence-electron chi connectivity index (χ0n) is 7.51. The van der Waals surface area contributed by atoms with Crippen LogP contribution in [0.15, 0.2) is 28.8 Å². The lowest BCUT2D eigenvalue weighted by atomic mass is 10.2. The van der Waals surface area contributed by atoms with E-state index in [1.807, 2.05) is 6.07 Å².